The fourth-order valence-electron chi connectivity index (χ4n) is 1.57. The van der Waals surface area contributed by atoms with Gasteiger partial charge in [-0.2, -0.15) is 5.10 Å². The van der Waals surface area contributed by atoms with E-state index in [1.54, 1.807) is 11.3 Å². The highest BCUT2D eigenvalue weighted by atomic mass is 32.1. The van der Waals surface area contributed by atoms with E-state index in [1.165, 1.54) is 10.4 Å². The molecule has 0 fully saturated rings. The zero-order valence-electron chi connectivity index (χ0n) is 8.97. The molecule has 0 aliphatic carbocycles. The molecule has 1 atom stereocenters. The van der Waals surface area contributed by atoms with Gasteiger partial charge in [0.25, 0.3) is 0 Å². The lowest BCUT2D eigenvalue weighted by molar-refractivity contribution is 0.658. The Balaban J connectivity index is 2.28. The van der Waals surface area contributed by atoms with Crippen LogP contribution in [0.4, 0.5) is 0 Å². The van der Waals surface area contributed by atoms with Gasteiger partial charge >= 0.3 is 0 Å². The molecule has 0 radical (unpaired) electrons. The van der Waals surface area contributed by atoms with E-state index >= 15 is 0 Å². The van der Waals surface area contributed by atoms with Gasteiger partial charge in [-0.3, -0.25) is 4.68 Å². The van der Waals surface area contributed by atoms with Gasteiger partial charge in [0, 0.05) is 23.2 Å². The molecule has 4 heteroatoms. The molecule has 3 nitrogen and oxygen atoms in total. The van der Waals surface area contributed by atoms with Gasteiger partial charge in [0.2, 0.25) is 0 Å². The third kappa shape index (κ3) is 1.96. The largest absolute Gasteiger partial charge is 0.320 e. The molecular formula is C11H15N3S. The van der Waals surface area contributed by atoms with E-state index in [2.05, 4.69) is 30.4 Å². The molecule has 2 N–H and O–H groups in total. The van der Waals surface area contributed by atoms with Crippen LogP contribution >= 0.6 is 11.3 Å². The molecule has 1 unspecified atom stereocenters. The second kappa shape index (κ2) is 4.16. The van der Waals surface area contributed by atoms with Crippen LogP contribution in [-0.4, -0.2) is 9.78 Å². The topological polar surface area (TPSA) is 43.8 Å². The van der Waals surface area contributed by atoms with Crippen molar-refractivity contribution in [2.75, 3.05) is 0 Å². The number of rotatable bonds is 3. The SMILES string of the molecule is CCn1cc(C(N)c2sccc2C)cn1. The molecule has 2 heterocycles. The van der Waals surface area contributed by atoms with Crippen LogP contribution in [0.25, 0.3) is 0 Å². The van der Waals surface area contributed by atoms with Crippen LogP contribution in [0.15, 0.2) is 23.8 Å². The Hall–Kier alpha value is -1.13. The minimum atomic E-state index is -0.0368. The predicted molar refractivity (Wildman–Crippen MR) is 63.0 cm³/mol. The molecule has 0 bridgehead atoms. The lowest BCUT2D eigenvalue weighted by Gasteiger charge is -2.08. The van der Waals surface area contributed by atoms with E-state index in [0.717, 1.165) is 12.1 Å². The van der Waals surface area contributed by atoms with Gasteiger partial charge in [-0.25, -0.2) is 0 Å². The maximum absolute atomic E-state index is 6.19. The van der Waals surface area contributed by atoms with Crippen LogP contribution < -0.4 is 5.73 Å². The summed E-state index contributed by atoms with van der Waals surface area (Å²) in [5, 5.41) is 6.31. The van der Waals surface area contributed by atoms with Gasteiger partial charge in [0.1, 0.15) is 0 Å². The fourth-order valence-corrected chi connectivity index (χ4v) is 2.52. The van der Waals surface area contributed by atoms with Gasteiger partial charge in [-0.05, 0) is 30.9 Å². The van der Waals surface area contributed by atoms with Crippen LogP contribution in [0.2, 0.25) is 0 Å². The predicted octanol–water partition coefficient (Wildman–Crippen LogP) is 2.32. The number of nitrogens with zero attached hydrogens (tertiary/aromatic N) is 2. The zero-order chi connectivity index (χ0) is 10.8. The Morgan fingerprint density at radius 2 is 2.40 bits per heavy atom. The van der Waals surface area contributed by atoms with Gasteiger partial charge in [0.15, 0.2) is 0 Å². The third-order valence-electron chi connectivity index (χ3n) is 2.52. The molecular weight excluding hydrogens is 206 g/mol. The summed E-state index contributed by atoms with van der Waals surface area (Å²) in [6, 6.07) is 2.06. The number of nitrogens with two attached hydrogens (primary N) is 1. The van der Waals surface area contributed by atoms with Gasteiger partial charge < -0.3 is 5.73 Å². The van der Waals surface area contributed by atoms with Crippen LogP contribution in [0.3, 0.4) is 0 Å². The molecule has 2 rings (SSSR count). The monoisotopic (exact) mass is 221 g/mol. The summed E-state index contributed by atoms with van der Waals surface area (Å²) in [6.07, 6.45) is 3.87. The van der Waals surface area contributed by atoms with E-state index in [0.29, 0.717) is 0 Å². The first-order chi connectivity index (χ1) is 7.22. The Kier molecular flexibility index (Phi) is 2.88. The highest BCUT2D eigenvalue weighted by molar-refractivity contribution is 7.10. The van der Waals surface area contributed by atoms with Crippen molar-refractivity contribution >= 4 is 11.3 Å². The second-order valence-electron chi connectivity index (χ2n) is 3.57. The molecule has 0 saturated carbocycles. The number of hydrogen-bond acceptors (Lipinski definition) is 3. The first kappa shape index (κ1) is 10.4. The Morgan fingerprint density at radius 1 is 1.60 bits per heavy atom. The van der Waals surface area contributed by atoms with Crippen LogP contribution in [0.5, 0.6) is 0 Å². The minimum absolute atomic E-state index is 0.0368. The van der Waals surface area contributed by atoms with Crippen molar-refractivity contribution in [3.8, 4) is 0 Å². The first-order valence-corrected chi connectivity index (χ1v) is 5.92. The lowest BCUT2D eigenvalue weighted by atomic mass is 10.1. The molecule has 2 aromatic heterocycles. The van der Waals surface area contributed by atoms with Gasteiger partial charge in [-0.15, -0.1) is 11.3 Å². The van der Waals surface area contributed by atoms with Gasteiger partial charge in [-0.1, -0.05) is 0 Å². The molecule has 2 aromatic rings. The number of aromatic nitrogens is 2. The summed E-state index contributed by atoms with van der Waals surface area (Å²) >= 11 is 1.71. The standard InChI is InChI=1S/C11H15N3S/c1-3-14-7-9(6-13-14)10(12)11-8(2)4-5-15-11/h4-7,10H,3,12H2,1-2H3. The fraction of sp³-hybridized carbons (Fsp3) is 0.364. The quantitative estimate of drug-likeness (QED) is 0.864. The lowest BCUT2D eigenvalue weighted by Crippen LogP contribution is -2.10. The van der Waals surface area contributed by atoms with Crippen molar-refractivity contribution < 1.29 is 0 Å². The average molecular weight is 221 g/mol. The molecule has 0 saturated heterocycles. The van der Waals surface area contributed by atoms with E-state index in [1.807, 2.05) is 17.1 Å². The van der Waals surface area contributed by atoms with Crippen molar-refractivity contribution in [2.24, 2.45) is 5.73 Å². The number of aryl methyl sites for hydroxylation is 2. The van der Waals surface area contributed by atoms with Crippen LogP contribution in [0.1, 0.15) is 29.0 Å². The summed E-state index contributed by atoms with van der Waals surface area (Å²) in [5.41, 5.74) is 8.53. The van der Waals surface area contributed by atoms with Crippen molar-refractivity contribution in [3.05, 3.63) is 39.8 Å². The van der Waals surface area contributed by atoms with E-state index in [-0.39, 0.29) is 6.04 Å². The van der Waals surface area contributed by atoms with Crippen LogP contribution in [-0.2, 0) is 6.54 Å². The van der Waals surface area contributed by atoms with Crippen molar-refractivity contribution in [1.82, 2.24) is 9.78 Å². The average Bonchev–Trinajstić information content (AvgIpc) is 2.84. The van der Waals surface area contributed by atoms with Gasteiger partial charge in [0.05, 0.1) is 12.2 Å². The van der Waals surface area contributed by atoms with E-state index < -0.39 is 0 Å². The van der Waals surface area contributed by atoms with Crippen molar-refractivity contribution in [3.63, 3.8) is 0 Å². The zero-order valence-corrected chi connectivity index (χ0v) is 9.79. The molecule has 80 valence electrons. The normalized spacial score (nSPS) is 13.0. The summed E-state index contributed by atoms with van der Waals surface area (Å²) in [7, 11) is 0. The highest BCUT2D eigenvalue weighted by Gasteiger charge is 2.14. The van der Waals surface area contributed by atoms with E-state index in [9.17, 15) is 0 Å². The first-order valence-electron chi connectivity index (χ1n) is 5.04. The third-order valence-corrected chi connectivity index (χ3v) is 3.62. The van der Waals surface area contributed by atoms with E-state index in [4.69, 9.17) is 5.73 Å². The maximum Gasteiger partial charge on any atom is 0.0679 e. The maximum atomic E-state index is 6.19. The molecule has 0 aliphatic rings. The highest BCUT2D eigenvalue weighted by Crippen LogP contribution is 2.26. The minimum Gasteiger partial charge on any atom is -0.320 e. The number of hydrogen-bond donors (Lipinski definition) is 1. The Morgan fingerprint density at radius 3 is 2.93 bits per heavy atom. The number of thiophene rings is 1. The molecule has 15 heavy (non-hydrogen) atoms. The summed E-state index contributed by atoms with van der Waals surface area (Å²) in [5.74, 6) is 0. The van der Waals surface area contributed by atoms with Crippen molar-refractivity contribution in [2.45, 2.75) is 26.4 Å². The molecule has 0 aromatic carbocycles. The summed E-state index contributed by atoms with van der Waals surface area (Å²) in [4.78, 5) is 1.23. The molecule has 0 spiro atoms. The van der Waals surface area contributed by atoms with Crippen molar-refractivity contribution in [1.29, 1.82) is 0 Å². The molecule has 0 amide bonds. The molecule has 0 aliphatic heterocycles. The summed E-state index contributed by atoms with van der Waals surface area (Å²) < 4.78 is 1.90. The smallest absolute Gasteiger partial charge is 0.0679 e. The Labute approximate surface area is 93.5 Å². The summed E-state index contributed by atoms with van der Waals surface area (Å²) in [6.45, 7) is 5.05. The van der Waals surface area contributed by atoms with Crippen LogP contribution in [0, 0.1) is 6.92 Å². The second-order valence-corrected chi connectivity index (χ2v) is 4.52. The Bertz CT molecular complexity index is 444.